The first-order valence-corrected chi connectivity index (χ1v) is 10.1. The van der Waals surface area contributed by atoms with Crippen LogP contribution >= 0.6 is 0 Å². The Labute approximate surface area is 156 Å². The summed E-state index contributed by atoms with van der Waals surface area (Å²) in [5.74, 6) is 0.573. The highest BCUT2D eigenvalue weighted by Gasteiger charge is 2.26. The largest absolute Gasteiger partial charge is 0.444 e. The second-order valence-electron chi connectivity index (χ2n) is 7.43. The second kappa shape index (κ2) is 9.34. The van der Waals surface area contributed by atoms with E-state index in [0.717, 1.165) is 38.0 Å². The molecule has 7 nitrogen and oxygen atoms in total. The standard InChI is InChI=1S/C11H22N2O2.C7H8O3S/c1-11(2,3)15-10(14)13-6-4-9(8-12)5-7-13;1-6-2-4-7(5-3-6)11(8,9)10/h9H,4-8,12H2,1-3H3;2-5H,1H3,(H,8,9,10). The van der Waals surface area contributed by atoms with Gasteiger partial charge in [0.1, 0.15) is 5.60 Å². The fourth-order valence-corrected chi connectivity index (χ4v) is 2.87. The smallest absolute Gasteiger partial charge is 0.410 e. The van der Waals surface area contributed by atoms with E-state index in [1.165, 1.54) is 12.1 Å². The summed E-state index contributed by atoms with van der Waals surface area (Å²) in [6.45, 7) is 9.77. The number of piperidine rings is 1. The zero-order chi connectivity index (χ0) is 20.0. The van der Waals surface area contributed by atoms with Crippen molar-refractivity contribution < 1.29 is 22.5 Å². The SMILES string of the molecule is CC(C)(C)OC(=O)N1CCC(CN)CC1.Cc1ccc(S(=O)(=O)O)cc1. The Kier molecular flexibility index (Phi) is 8.05. The Balaban J connectivity index is 0.000000273. The van der Waals surface area contributed by atoms with Crippen molar-refractivity contribution >= 4 is 16.2 Å². The number of carbonyl (C=O) groups excluding carboxylic acids is 1. The fourth-order valence-electron chi connectivity index (χ4n) is 2.39. The normalized spacial score (nSPS) is 15.8. The molecule has 1 aliphatic rings. The van der Waals surface area contributed by atoms with Gasteiger partial charge in [-0.1, -0.05) is 17.7 Å². The van der Waals surface area contributed by atoms with Crippen LogP contribution in [0.3, 0.4) is 0 Å². The lowest BCUT2D eigenvalue weighted by atomic mass is 9.97. The summed E-state index contributed by atoms with van der Waals surface area (Å²) in [6, 6.07) is 5.99. The predicted octanol–water partition coefficient (Wildman–Crippen LogP) is 2.83. The third-order valence-corrected chi connectivity index (χ3v) is 4.79. The summed E-state index contributed by atoms with van der Waals surface area (Å²) in [7, 11) is -4.02. The summed E-state index contributed by atoms with van der Waals surface area (Å²) >= 11 is 0. The van der Waals surface area contributed by atoms with E-state index in [1.54, 1.807) is 17.0 Å². The van der Waals surface area contributed by atoms with Crippen molar-refractivity contribution in [3.05, 3.63) is 29.8 Å². The van der Waals surface area contributed by atoms with E-state index in [1.807, 2.05) is 27.7 Å². The number of nitrogens with zero attached hydrogens (tertiary/aromatic N) is 1. The molecule has 0 aromatic heterocycles. The summed E-state index contributed by atoms with van der Waals surface area (Å²) in [5.41, 5.74) is 6.15. The Hall–Kier alpha value is -1.64. The van der Waals surface area contributed by atoms with Crippen LogP contribution in [0.2, 0.25) is 0 Å². The molecule has 1 aromatic rings. The van der Waals surface area contributed by atoms with Gasteiger partial charge in [0, 0.05) is 13.1 Å². The van der Waals surface area contributed by atoms with Gasteiger partial charge in [0.2, 0.25) is 0 Å². The molecule has 0 saturated carbocycles. The van der Waals surface area contributed by atoms with Gasteiger partial charge in [-0.15, -0.1) is 0 Å². The highest BCUT2D eigenvalue weighted by atomic mass is 32.2. The number of likely N-dealkylation sites (tertiary alicyclic amines) is 1. The van der Waals surface area contributed by atoms with Gasteiger partial charge >= 0.3 is 6.09 Å². The molecule has 0 spiro atoms. The molecule has 0 radical (unpaired) electrons. The van der Waals surface area contributed by atoms with Crippen LogP contribution in [0.15, 0.2) is 29.2 Å². The van der Waals surface area contributed by atoms with Crippen molar-refractivity contribution in [2.75, 3.05) is 19.6 Å². The number of benzene rings is 1. The molecule has 2 rings (SSSR count). The first-order valence-electron chi connectivity index (χ1n) is 8.64. The minimum Gasteiger partial charge on any atom is -0.444 e. The number of aryl methyl sites for hydroxylation is 1. The Morgan fingerprint density at radius 2 is 1.73 bits per heavy atom. The van der Waals surface area contributed by atoms with E-state index in [9.17, 15) is 13.2 Å². The van der Waals surface area contributed by atoms with E-state index in [0.29, 0.717) is 5.92 Å². The first kappa shape index (κ1) is 22.4. The molecule has 0 atom stereocenters. The molecule has 8 heteroatoms. The van der Waals surface area contributed by atoms with E-state index < -0.39 is 15.7 Å². The van der Waals surface area contributed by atoms with Crippen LogP contribution in [0.5, 0.6) is 0 Å². The zero-order valence-electron chi connectivity index (χ0n) is 15.9. The maximum Gasteiger partial charge on any atom is 0.410 e. The Morgan fingerprint density at radius 1 is 1.23 bits per heavy atom. The quantitative estimate of drug-likeness (QED) is 0.756. The van der Waals surface area contributed by atoms with Crippen molar-refractivity contribution in [2.45, 2.75) is 51.0 Å². The maximum absolute atomic E-state index is 11.7. The molecule has 1 amide bonds. The summed E-state index contributed by atoms with van der Waals surface area (Å²) in [4.78, 5) is 13.4. The van der Waals surface area contributed by atoms with Crippen molar-refractivity contribution in [3.8, 4) is 0 Å². The van der Waals surface area contributed by atoms with E-state index in [4.69, 9.17) is 15.0 Å². The maximum atomic E-state index is 11.7. The fraction of sp³-hybridized carbons (Fsp3) is 0.611. The third kappa shape index (κ3) is 8.16. The van der Waals surface area contributed by atoms with Crippen LogP contribution in [0.25, 0.3) is 0 Å². The lowest BCUT2D eigenvalue weighted by Crippen LogP contribution is -2.42. The van der Waals surface area contributed by atoms with E-state index in [2.05, 4.69) is 0 Å². The van der Waals surface area contributed by atoms with Crippen LogP contribution in [-0.2, 0) is 14.9 Å². The van der Waals surface area contributed by atoms with Gasteiger partial charge in [-0.2, -0.15) is 8.42 Å². The van der Waals surface area contributed by atoms with E-state index >= 15 is 0 Å². The van der Waals surface area contributed by atoms with Crippen LogP contribution < -0.4 is 5.73 Å². The van der Waals surface area contributed by atoms with Crippen molar-refractivity contribution in [1.82, 2.24) is 4.90 Å². The average Bonchev–Trinajstić information content (AvgIpc) is 2.53. The topological polar surface area (TPSA) is 110 Å². The predicted molar refractivity (Wildman–Crippen MR) is 101 cm³/mol. The number of nitrogens with two attached hydrogens (primary N) is 1. The average molecular weight is 387 g/mol. The minimum atomic E-state index is -4.02. The zero-order valence-corrected chi connectivity index (χ0v) is 16.8. The van der Waals surface area contributed by atoms with Gasteiger partial charge in [0.05, 0.1) is 4.90 Å². The molecular weight excluding hydrogens is 356 g/mol. The highest BCUT2D eigenvalue weighted by molar-refractivity contribution is 7.85. The van der Waals surface area contributed by atoms with Gasteiger partial charge in [0.15, 0.2) is 0 Å². The highest BCUT2D eigenvalue weighted by Crippen LogP contribution is 2.18. The van der Waals surface area contributed by atoms with Gasteiger partial charge in [-0.05, 0) is 65.1 Å². The van der Waals surface area contributed by atoms with Gasteiger partial charge in [-0.3, -0.25) is 4.55 Å². The molecule has 26 heavy (non-hydrogen) atoms. The van der Waals surface area contributed by atoms with Crippen molar-refractivity contribution in [3.63, 3.8) is 0 Å². The molecule has 0 unspecified atom stereocenters. The summed E-state index contributed by atoms with van der Waals surface area (Å²) < 4.78 is 34.9. The molecule has 3 N–H and O–H groups in total. The van der Waals surface area contributed by atoms with Gasteiger partial charge in [-0.25, -0.2) is 4.79 Å². The van der Waals surface area contributed by atoms with Crippen molar-refractivity contribution in [2.24, 2.45) is 11.7 Å². The number of hydrogen-bond donors (Lipinski definition) is 2. The lowest BCUT2D eigenvalue weighted by molar-refractivity contribution is 0.0186. The Morgan fingerprint density at radius 3 is 2.12 bits per heavy atom. The summed E-state index contributed by atoms with van der Waals surface area (Å²) in [6.07, 6.45) is 1.80. The van der Waals surface area contributed by atoms with E-state index in [-0.39, 0.29) is 11.0 Å². The van der Waals surface area contributed by atoms with Gasteiger partial charge < -0.3 is 15.4 Å². The number of ether oxygens (including phenoxy) is 1. The molecule has 148 valence electrons. The monoisotopic (exact) mass is 386 g/mol. The van der Waals surface area contributed by atoms with Gasteiger partial charge in [0.25, 0.3) is 10.1 Å². The first-order chi connectivity index (χ1) is 11.9. The molecule has 1 heterocycles. The molecule has 1 aromatic carbocycles. The number of carbonyl (C=O) groups is 1. The molecule has 1 fully saturated rings. The number of hydrogen-bond acceptors (Lipinski definition) is 5. The van der Waals surface area contributed by atoms with Crippen LogP contribution in [0, 0.1) is 12.8 Å². The molecule has 0 aliphatic carbocycles. The second-order valence-corrected chi connectivity index (χ2v) is 8.86. The van der Waals surface area contributed by atoms with Crippen LogP contribution in [0.1, 0.15) is 39.2 Å². The number of amides is 1. The third-order valence-electron chi connectivity index (χ3n) is 3.92. The Bertz CT molecular complexity index is 673. The lowest BCUT2D eigenvalue weighted by Gasteiger charge is -2.32. The summed E-state index contributed by atoms with van der Waals surface area (Å²) in [5, 5.41) is 0. The number of rotatable bonds is 2. The molecule has 1 aliphatic heterocycles. The molecule has 0 bridgehead atoms. The minimum absolute atomic E-state index is 0.0666. The van der Waals surface area contributed by atoms with Crippen molar-refractivity contribution in [1.29, 1.82) is 0 Å². The van der Waals surface area contributed by atoms with Crippen LogP contribution in [-0.4, -0.2) is 49.2 Å². The molecular formula is C18H30N2O5S. The van der Waals surface area contributed by atoms with Crippen LogP contribution in [0.4, 0.5) is 4.79 Å². The molecule has 1 saturated heterocycles.